The normalized spacial score (nSPS) is 25.2. The van der Waals surface area contributed by atoms with Crippen LogP contribution in [0.1, 0.15) is 39.0 Å². The molecule has 1 heteroatoms. The lowest BCUT2D eigenvalue weighted by Gasteiger charge is -2.19. The van der Waals surface area contributed by atoms with E-state index in [1.807, 2.05) is 0 Å². The first-order valence-electron chi connectivity index (χ1n) is 6.60. The fourth-order valence-electron chi connectivity index (χ4n) is 2.53. The highest BCUT2D eigenvalue weighted by molar-refractivity contribution is 5.22. The zero-order chi connectivity index (χ0) is 11.2. The highest BCUT2D eigenvalue weighted by Crippen LogP contribution is 2.19. The van der Waals surface area contributed by atoms with Crippen LogP contribution in [-0.4, -0.2) is 13.1 Å². The van der Waals surface area contributed by atoms with Crippen molar-refractivity contribution in [1.29, 1.82) is 0 Å². The standard InChI is InChI=1S/C15H23N/c1-13-10-15(12-16-11-13)9-5-8-14-6-3-2-4-7-14/h3,6-7,10,13,16H,2,4-5,8-9,11-12H2,1H3. The lowest BCUT2D eigenvalue weighted by molar-refractivity contribution is 0.566. The van der Waals surface area contributed by atoms with Crippen molar-refractivity contribution in [2.75, 3.05) is 13.1 Å². The largest absolute Gasteiger partial charge is 0.312 e. The fourth-order valence-corrected chi connectivity index (χ4v) is 2.53. The SMILES string of the molecule is CC1C=C(CCCC2=CCCC=C2)CNC1. The maximum absolute atomic E-state index is 3.48. The Morgan fingerprint density at radius 1 is 1.31 bits per heavy atom. The molecular weight excluding hydrogens is 194 g/mol. The van der Waals surface area contributed by atoms with Gasteiger partial charge < -0.3 is 5.32 Å². The van der Waals surface area contributed by atoms with E-state index in [9.17, 15) is 0 Å². The number of hydrogen-bond acceptors (Lipinski definition) is 1. The Morgan fingerprint density at radius 3 is 3.00 bits per heavy atom. The molecule has 1 unspecified atom stereocenters. The molecule has 16 heavy (non-hydrogen) atoms. The van der Waals surface area contributed by atoms with Crippen LogP contribution in [0.4, 0.5) is 0 Å². The monoisotopic (exact) mass is 217 g/mol. The van der Waals surface area contributed by atoms with Crippen molar-refractivity contribution in [3.05, 3.63) is 35.5 Å². The van der Waals surface area contributed by atoms with Gasteiger partial charge in [-0.25, -0.2) is 0 Å². The Bertz CT molecular complexity index is 309. The molecule has 0 fully saturated rings. The number of allylic oxidation sites excluding steroid dienone is 4. The van der Waals surface area contributed by atoms with Gasteiger partial charge in [-0.2, -0.15) is 0 Å². The Hall–Kier alpha value is -0.820. The summed E-state index contributed by atoms with van der Waals surface area (Å²) in [6, 6.07) is 0. The molecule has 0 spiro atoms. The lowest BCUT2D eigenvalue weighted by Crippen LogP contribution is -2.27. The third-order valence-electron chi connectivity index (χ3n) is 3.37. The van der Waals surface area contributed by atoms with E-state index in [0.717, 1.165) is 19.0 Å². The van der Waals surface area contributed by atoms with Gasteiger partial charge in [-0.1, -0.05) is 42.4 Å². The summed E-state index contributed by atoms with van der Waals surface area (Å²) in [4.78, 5) is 0. The van der Waals surface area contributed by atoms with Gasteiger partial charge in [-0.15, -0.1) is 0 Å². The van der Waals surface area contributed by atoms with Crippen LogP contribution in [-0.2, 0) is 0 Å². The molecule has 0 amide bonds. The summed E-state index contributed by atoms with van der Waals surface area (Å²) in [6.45, 7) is 4.55. The van der Waals surface area contributed by atoms with Crippen LogP contribution >= 0.6 is 0 Å². The summed E-state index contributed by atoms with van der Waals surface area (Å²) in [5.41, 5.74) is 3.16. The van der Waals surface area contributed by atoms with E-state index in [-0.39, 0.29) is 0 Å². The Kier molecular flexibility index (Phi) is 4.41. The molecule has 2 aliphatic rings. The van der Waals surface area contributed by atoms with Crippen LogP contribution < -0.4 is 5.32 Å². The van der Waals surface area contributed by atoms with E-state index in [1.54, 1.807) is 11.1 Å². The minimum absolute atomic E-state index is 0.720. The molecule has 0 saturated heterocycles. The topological polar surface area (TPSA) is 12.0 Å². The molecule has 0 radical (unpaired) electrons. The van der Waals surface area contributed by atoms with Crippen molar-refractivity contribution in [2.24, 2.45) is 5.92 Å². The minimum Gasteiger partial charge on any atom is -0.312 e. The van der Waals surface area contributed by atoms with Gasteiger partial charge in [0.25, 0.3) is 0 Å². The van der Waals surface area contributed by atoms with Crippen LogP contribution in [0.15, 0.2) is 35.5 Å². The van der Waals surface area contributed by atoms with Crippen LogP contribution in [0, 0.1) is 5.92 Å². The van der Waals surface area contributed by atoms with Crippen molar-refractivity contribution in [3.63, 3.8) is 0 Å². The summed E-state index contributed by atoms with van der Waals surface area (Å²) >= 11 is 0. The predicted molar refractivity (Wildman–Crippen MR) is 70.4 cm³/mol. The van der Waals surface area contributed by atoms with E-state index in [2.05, 4.69) is 36.5 Å². The highest BCUT2D eigenvalue weighted by atomic mass is 14.9. The molecule has 0 saturated carbocycles. The van der Waals surface area contributed by atoms with Gasteiger partial charge in [0, 0.05) is 13.1 Å². The third-order valence-corrected chi connectivity index (χ3v) is 3.37. The second-order valence-corrected chi connectivity index (χ2v) is 5.05. The fraction of sp³-hybridized carbons (Fsp3) is 0.600. The molecule has 1 heterocycles. The number of hydrogen-bond donors (Lipinski definition) is 1. The zero-order valence-electron chi connectivity index (χ0n) is 10.3. The molecule has 1 nitrogen and oxygen atoms in total. The van der Waals surface area contributed by atoms with Gasteiger partial charge in [0.15, 0.2) is 0 Å². The average Bonchev–Trinajstić information content (AvgIpc) is 2.30. The molecule has 88 valence electrons. The van der Waals surface area contributed by atoms with E-state index in [0.29, 0.717) is 0 Å². The molecular formula is C15H23N. The second-order valence-electron chi connectivity index (χ2n) is 5.05. The summed E-state index contributed by atoms with van der Waals surface area (Å²) in [5.74, 6) is 0.720. The van der Waals surface area contributed by atoms with Gasteiger partial charge in [-0.3, -0.25) is 0 Å². The van der Waals surface area contributed by atoms with Crippen LogP contribution in [0.25, 0.3) is 0 Å². The number of rotatable bonds is 4. The van der Waals surface area contributed by atoms with E-state index in [4.69, 9.17) is 0 Å². The van der Waals surface area contributed by atoms with Gasteiger partial charge >= 0.3 is 0 Å². The molecule has 0 bridgehead atoms. The van der Waals surface area contributed by atoms with Crippen LogP contribution in [0.2, 0.25) is 0 Å². The first kappa shape index (κ1) is 11.7. The molecule has 0 aromatic rings. The number of nitrogens with one attached hydrogen (secondary N) is 1. The summed E-state index contributed by atoms with van der Waals surface area (Å²) in [5, 5.41) is 3.48. The lowest BCUT2D eigenvalue weighted by atomic mass is 9.96. The quantitative estimate of drug-likeness (QED) is 0.709. The highest BCUT2D eigenvalue weighted by Gasteiger charge is 2.08. The van der Waals surface area contributed by atoms with Crippen molar-refractivity contribution in [1.82, 2.24) is 5.32 Å². The first-order chi connectivity index (χ1) is 7.84. The van der Waals surface area contributed by atoms with E-state index < -0.39 is 0 Å². The minimum atomic E-state index is 0.720. The second kappa shape index (κ2) is 6.05. The molecule has 2 rings (SSSR count). The summed E-state index contributed by atoms with van der Waals surface area (Å²) < 4.78 is 0. The molecule has 1 N–H and O–H groups in total. The van der Waals surface area contributed by atoms with Crippen molar-refractivity contribution in [2.45, 2.75) is 39.0 Å². The molecule has 1 aliphatic carbocycles. The predicted octanol–water partition coefficient (Wildman–Crippen LogP) is 3.60. The van der Waals surface area contributed by atoms with E-state index in [1.165, 1.54) is 32.1 Å². The third kappa shape index (κ3) is 3.64. The van der Waals surface area contributed by atoms with Crippen LogP contribution in [0.5, 0.6) is 0 Å². The maximum atomic E-state index is 3.48. The summed E-state index contributed by atoms with van der Waals surface area (Å²) in [6.07, 6.45) is 15.8. The average molecular weight is 217 g/mol. The molecule has 0 aromatic carbocycles. The molecule has 1 aliphatic heterocycles. The van der Waals surface area contributed by atoms with Crippen molar-refractivity contribution in [3.8, 4) is 0 Å². The summed E-state index contributed by atoms with van der Waals surface area (Å²) in [7, 11) is 0. The van der Waals surface area contributed by atoms with Gasteiger partial charge in [0.1, 0.15) is 0 Å². The van der Waals surface area contributed by atoms with Crippen molar-refractivity contribution >= 4 is 0 Å². The van der Waals surface area contributed by atoms with Gasteiger partial charge in [-0.05, 0) is 38.0 Å². The first-order valence-corrected chi connectivity index (χ1v) is 6.60. The molecule has 0 aromatic heterocycles. The van der Waals surface area contributed by atoms with Gasteiger partial charge in [0.05, 0.1) is 0 Å². The Labute approximate surface area is 99.3 Å². The van der Waals surface area contributed by atoms with E-state index >= 15 is 0 Å². The Balaban J connectivity index is 1.71. The maximum Gasteiger partial charge on any atom is 0.0164 e. The van der Waals surface area contributed by atoms with Crippen LogP contribution in [0.3, 0.4) is 0 Å². The smallest absolute Gasteiger partial charge is 0.0164 e. The van der Waals surface area contributed by atoms with Crippen molar-refractivity contribution < 1.29 is 0 Å². The van der Waals surface area contributed by atoms with Gasteiger partial charge in [0.2, 0.25) is 0 Å². The molecule has 1 atom stereocenters. The zero-order valence-corrected chi connectivity index (χ0v) is 10.3. The Morgan fingerprint density at radius 2 is 2.25 bits per heavy atom.